The van der Waals surface area contributed by atoms with Crippen LogP contribution in [0.25, 0.3) is 0 Å². The van der Waals surface area contributed by atoms with E-state index in [1.165, 1.54) is 12.8 Å². The van der Waals surface area contributed by atoms with E-state index in [9.17, 15) is 4.39 Å². The van der Waals surface area contributed by atoms with Crippen LogP contribution in [-0.2, 0) is 0 Å². The highest BCUT2D eigenvalue weighted by Crippen LogP contribution is 2.35. The summed E-state index contributed by atoms with van der Waals surface area (Å²) in [6.45, 7) is 3.25. The fourth-order valence-electron chi connectivity index (χ4n) is 2.84. The maximum atomic E-state index is 14.1. The molecule has 1 aromatic rings. The first-order valence-electron chi connectivity index (χ1n) is 6.89. The summed E-state index contributed by atoms with van der Waals surface area (Å²) in [7, 11) is 0. The monoisotopic (exact) mass is 313 g/mol. The normalized spacial score (nSPS) is 24.2. The first kappa shape index (κ1) is 14.0. The zero-order chi connectivity index (χ0) is 13.0. The maximum absolute atomic E-state index is 14.1. The van der Waals surface area contributed by atoms with Gasteiger partial charge in [0.05, 0.1) is 4.47 Å². The van der Waals surface area contributed by atoms with Gasteiger partial charge in [-0.3, -0.25) is 0 Å². The second-order valence-corrected chi connectivity index (χ2v) is 6.01. The second kappa shape index (κ2) is 6.67. The number of benzene rings is 1. The molecule has 1 aromatic carbocycles. The van der Waals surface area contributed by atoms with Gasteiger partial charge in [-0.05, 0) is 65.7 Å². The summed E-state index contributed by atoms with van der Waals surface area (Å²) in [5.74, 6) is 0.296. The van der Waals surface area contributed by atoms with Crippen LogP contribution in [0.15, 0.2) is 22.7 Å². The molecule has 2 atom stereocenters. The molecule has 100 valence electrons. The van der Waals surface area contributed by atoms with Crippen LogP contribution in [0.4, 0.5) is 4.39 Å². The van der Waals surface area contributed by atoms with Crippen LogP contribution in [0, 0.1) is 5.82 Å². The van der Waals surface area contributed by atoms with Gasteiger partial charge in [0.15, 0.2) is 0 Å². The molecule has 0 radical (unpaired) electrons. The van der Waals surface area contributed by atoms with Crippen molar-refractivity contribution in [3.05, 3.63) is 34.1 Å². The number of hydrogen-bond acceptors (Lipinski definition) is 1. The number of rotatable bonds is 4. The Bertz CT molecular complexity index is 394. The predicted octanol–water partition coefficient (Wildman–Crippen LogP) is 4.61. The van der Waals surface area contributed by atoms with Crippen molar-refractivity contribution in [3.63, 3.8) is 0 Å². The summed E-state index contributed by atoms with van der Waals surface area (Å²) in [5, 5.41) is 3.57. The van der Waals surface area contributed by atoms with Crippen molar-refractivity contribution in [2.75, 3.05) is 6.54 Å². The van der Waals surface area contributed by atoms with Gasteiger partial charge in [-0.25, -0.2) is 4.39 Å². The smallest absolute Gasteiger partial charge is 0.140 e. The first-order chi connectivity index (χ1) is 8.72. The summed E-state index contributed by atoms with van der Waals surface area (Å²) in [5.41, 5.74) is 0.882. The van der Waals surface area contributed by atoms with Gasteiger partial charge in [0, 0.05) is 6.04 Å². The topological polar surface area (TPSA) is 12.0 Å². The quantitative estimate of drug-likeness (QED) is 0.855. The Morgan fingerprint density at radius 2 is 2.22 bits per heavy atom. The van der Waals surface area contributed by atoms with E-state index >= 15 is 0 Å². The summed E-state index contributed by atoms with van der Waals surface area (Å²) in [6.07, 6.45) is 5.75. The van der Waals surface area contributed by atoms with Crippen molar-refractivity contribution in [3.8, 4) is 0 Å². The molecule has 0 saturated heterocycles. The molecule has 0 amide bonds. The average molecular weight is 314 g/mol. The van der Waals surface area contributed by atoms with E-state index < -0.39 is 0 Å². The van der Waals surface area contributed by atoms with Gasteiger partial charge in [-0.15, -0.1) is 0 Å². The minimum absolute atomic E-state index is 0.0707. The zero-order valence-electron chi connectivity index (χ0n) is 10.9. The van der Waals surface area contributed by atoms with Crippen LogP contribution >= 0.6 is 15.9 Å². The molecule has 0 aromatic heterocycles. The van der Waals surface area contributed by atoms with Crippen LogP contribution < -0.4 is 5.32 Å². The van der Waals surface area contributed by atoms with Crippen LogP contribution in [0.1, 0.15) is 50.5 Å². The first-order valence-corrected chi connectivity index (χ1v) is 7.69. The Labute approximate surface area is 117 Å². The molecule has 1 N–H and O–H groups in total. The largest absolute Gasteiger partial charge is 0.314 e. The number of halogens is 2. The van der Waals surface area contributed by atoms with Gasteiger partial charge in [0.1, 0.15) is 5.82 Å². The lowest BCUT2D eigenvalue weighted by atomic mass is 9.81. The Morgan fingerprint density at radius 1 is 1.39 bits per heavy atom. The number of nitrogens with one attached hydrogen (secondary N) is 1. The van der Waals surface area contributed by atoms with Crippen LogP contribution in [-0.4, -0.2) is 12.6 Å². The Kier molecular flexibility index (Phi) is 5.19. The van der Waals surface area contributed by atoms with Crippen molar-refractivity contribution in [2.24, 2.45) is 0 Å². The molecule has 3 heteroatoms. The van der Waals surface area contributed by atoms with Crippen molar-refractivity contribution in [1.82, 2.24) is 5.32 Å². The Balaban J connectivity index is 2.06. The SMILES string of the molecule is CCCNC1CCCC(c2cccc(Br)c2F)C1. The van der Waals surface area contributed by atoms with Crippen molar-refractivity contribution >= 4 is 15.9 Å². The minimum Gasteiger partial charge on any atom is -0.314 e. The number of hydrogen-bond donors (Lipinski definition) is 1. The van der Waals surface area contributed by atoms with E-state index in [1.807, 2.05) is 12.1 Å². The van der Waals surface area contributed by atoms with Gasteiger partial charge < -0.3 is 5.32 Å². The molecule has 0 heterocycles. The third kappa shape index (κ3) is 3.33. The maximum Gasteiger partial charge on any atom is 0.140 e. The zero-order valence-corrected chi connectivity index (χ0v) is 12.5. The van der Waals surface area contributed by atoms with Crippen LogP contribution in [0.3, 0.4) is 0 Å². The molecule has 1 aliphatic rings. The van der Waals surface area contributed by atoms with E-state index in [1.54, 1.807) is 6.07 Å². The molecule has 1 nitrogen and oxygen atoms in total. The van der Waals surface area contributed by atoms with Gasteiger partial charge in [-0.1, -0.05) is 25.5 Å². The minimum atomic E-state index is -0.0707. The molecule has 1 saturated carbocycles. The molecule has 0 spiro atoms. The average Bonchev–Trinajstić information content (AvgIpc) is 2.40. The Morgan fingerprint density at radius 3 is 3.00 bits per heavy atom. The molecule has 1 aliphatic carbocycles. The molecular formula is C15H21BrFN. The summed E-state index contributed by atoms with van der Waals surface area (Å²) >= 11 is 3.28. The highest BCUT2D eigenvalue weighted by molar-refractivity contribution is 9.10. The standard InChI is InChI=1S/C15H21BrFN/c1-2-9-18-12-6-3-5-11(10-12)13-7-4-8-14(16)15(13)17/h4,7-8,11-12,18H,2-3,5-6,9-10H2,1H3. The lowest BCUT2D eigenvalue weighted by molar-refractivity contribution is 0.335. The lowest BCUT2D eigenvalue weighted by Gasteiger charge is -2.30. The molecule has 1 fully saturated rings. The molecule has 2 rings (SSSR count). The highest BCUT2D eigenvalue weighted by Gasteiger charge is 2.25. The van der Waals surface area contributed by atoms with Crippen molar-refractivity contribution < 1.29 is 4.39 Å². The van der Waals surface area contributed by atoms with E-state index in [0.717, 1.165) is 31.4 Å². The van der Waals surface area contributed by atoms with Gasteiger partial charge in [0.2, 0.25) is 0 Å². The summed E-state index contributed by atoms with van der Waals surface area (Å²) in [4.78, 5) is 0. The van der Waals surface area contributed by atoms with E-state index in [-0.39, 0.29) is 5.82 Å². The molecule has 0 bridgehead atoms. The third-order valence-corrected chi connectivity index (χ3v) is 4.39. The molecule has 0 aliphatic heterocycles. The van der Waals surface area contributed by atoms with Gasteiger partial charge in [0.25, 0.3) is 0 Å². The van der Waals surface area contributed by atoms with Crippen molar-refractivity contribution in [2.45, 2.75) is 51.0 Å². The third-order valence-electron chi connectivity index (χ3n) is 3.78. The lowest BCUT2D eigenvalue weighted by Crippen LogP contribution is -2.34. The van der Waals surface area contributed by atoms with E-state index in [4.69, 9.17) is 0 Å². The van der Waals surface area contributed by atoms with Crippen molar-refractivity contribution in [1.29, 1.82) is 0 Å². The molecular weight excluding hydrogens is 293 g/mol. The summed E-state index contributed by atoms with van der Waals surface area (Å²) < 4.78 is 14.7. The van der Waals surface area contributed by atoms with Crippen LogP contribution in [0.5, 0.6) is 0 Å². The molecule has 2 unspecified atom stereocenters. The van der Waals surface area contributed by atoms with Gasteiger partial charge in [-0.2, -0.15) is 0 Å². The van der Waals surface area contributed by atoms with Crippen LogP contribution in [0.2, 0.25) is 0 Å². The predicted molar refractivity (Wildman–Crippen MR) is 77.4 cm³/mol. The fourth-order valence-corrected chi connectivity index (χ4v) is 3.22. The van der Waals surface area contributed by atoms with E-state index in [2.05, 4.69) is 28.2 Å². The highest BCUT2D eigenvalue weighted by atomic mass is 79.9. The second-order valence-electron chi connectivity index (χ2n) is 5.16. The molecule has 18 heavy (non-hydrogen) atoms. The Hall–Kier alpha value is -0.410. The summed E-state index contributed by atoms with van der Waals surface area (Å²) in [6, 6.07) is 6.20. The van der Waals surface area contributed by atoms with Gasteiger partial charge >= 0.3 is 0 Å². The fraction of sp³-hybridized carbons (Fsp3) is 0.600. The van der Waals surface area contributed by atoms with E-state index in [0.29, 0.717) is 16.4 Å².